The number of pyridine rings is 1. The highest BCUT2D eigenvalue weighted by Crippen LogP contribution is 2.20. The number of amides is 1. The first-order valence-electron chi connectivity index (χ1n) is 5.17. The number of aromatic nitrogens is 1. The zero-order chi connectivity index (χ0) is 13.9. The standard InChI is InChI=1S/C11H14N2O5/c1-5-2-6(4-13-9(5)11(17)18)10(16)7(14)3-8(12)15/h2,4,7,10,14,16H,3H2,1H3,(H2,12,15)(H,17,18). The summed E-state index contributed by atoms with van der Waals surface area (Å²) in [4.78, 5) is 25.0. The predicted octanol–water partition coefficient (Wildman–Crippen LogP) is -0.642. The van der Waals surface area contributed by atoms with E-state index in [-0.39, 0.29) is 17.7 Å². The van der Waals surface area contributed by atoms with E-state index in [1.54, 1.807) is 0 Å². The highest BCUT2D eigenvalue weighted by Gasteiger charge is 2.22. The molecule has 7 nitrogen and oxygen atoms in total. The Labute approximate surface area is 103 Å². The van der Waals surface area contributed by atoms with Crippen molar-refractivity contribution in [1.29, 1.82) is 0 Å². The summed E-state index contributed by atoms with van der Waals surface area (Å²) in [5.74, 6) is -1.92. The largest absolute Gasteiger partial charge is 0.477 e. The van der Waals surface area contributed by atoms with Crippen molar-refractivity contribution in [1.82, 2.24) is 4.98 Å². The van der Waals surface area contributed by atoms with Gasteiger partial charge in [-0.15, -0.1) is 0 Å². The molecular weight excluding hydrogens is 240 g/mol. The summed E-state index contributed by atoms with van der Waals surface area (Å²) in [5.41, 5.74) is 5.35. The molecule has 2 atom stereocenters. The van der Waals surface area contributed by atoms with E-state index in [9.17, 15) is 19.8 Å². The van der Waals surface area contributed by atoms with Gasteiger partial charge in [-0.3, -0.25) is 4.79 Å². The second-order valence-electron chi connectivity index (χ2n) is 3.92. The van der Waals surface area contributed by atoms with Crippen LogP contribution in [0.15, 0.2) is 12.3 Å². The lowest BCUT2D eigenvalue weighted by Gasteiger charge is -2.17. The summed E-state index contributed by atoms with van der Waals surface area (Å²) in [5, 5.41) is 28.1. The number of primary amides is 1. The number of carbonyl (C=O) groups excluding carboxylic acids is 1. The highest BCUT2D eigenvalue weighted by molar-refractivity contribution is 5.86. The number of aliphatic hydroxyl groups excluding tert-OH is 2. The Morgan fingerprint density at radius 1 is 1.44 bits per heavy atom. The number of carboxylic acids is 1. The van der Waals surface area contributed by atoms with Gasteiger partial charge in [0.2, 0.25) is 5.91 Å². The molecule has 0 aliphatic heterocycles. The highest BCUT2D eigenvalue weighted by atomic mass is 16.4. The Balaban J connectivity index is 2.93. The van der Waals surface area contributed by atoms with Crippen molar-refractivity contribution >= 4 is 11.9 Å². The van der Waals surface area contributed by atoms with E-state index in [2.05, 4.69) is 4.98 Å². The van der Waals surface area contributed by atoms with Crippen LogP contribution >= 0.6 is 0 Å². The average molecular weight is 254 g/mol. The third-order valence-corrected chi connectivity index (χ3v) is 2.42. The minimum Gasteiger partial charge on any atom is -0.477 e. The second kappa shape index (κ2) is 5.56. The Hall–Kier alpha value is -1.99. The van der Waals surface area contributed by atoms with Crippen LogP contribution in [0.5, 0.6) is 0 Å². The van der Waals surface area contributed by atoms with E-state index in [0.29, 0.717) is 5.56 Å². The van der Waals surface area contributed by atoms with Gasteiger partial charge < -0.3 is 21.1 Å². The number of hydrogen-bond donors (Lipinski definition) is 4. The topological polar surface area (TPSA) is 134 Å². The maximum atomic E-state index is 10.7. The summed E-state index contributed by atoms with van der Waals surface area (Å²) < 4.78 is 0. The van der Waals surface area contributed by atoms with Crippen molar-refractivity contribution in [2.75, 3.05) is 0 Å². The van der Waals surface area contributed by atoms with Gasteiger partial charge in [0.15, 0.2) is 5.69 Å². The number of aromatic carboxylic acids is 1. The molecule has 1 rings (SSSR count). The van der Waals surface area contributed by atoms with Crippen LogP contribution in [-0.4, -0.2) is 38.3 Å². The van der Waals surface area contributed by atoms with Crippen molar-refractivity contribution in [3.8, 4) is 0 Å². The molecule has 7 heteroatoms. The molecule has 0 saturated carbocycles. The number of nitrogens with zero attached hydrogens (tertiary/aromatic N) is 1. The number of aryl methyl sites for hydroxylation is 1. The van der Waals surface area contributed by atoms with Gasteiger partial charge in [-0.05, 0) is 18.6 Å². The molecule has 0 radical (unpaired) electrons. The second-order valence-corrected chi connectivity index (χ2v) is 3.92. The van der Waals surface area contributed by atoms with Gasteiger partial charge in [0.1, 0.15) is 6.10 Å². The molecule has 0 aromatic carbocycles. The minimum atomic E-state index is -1.35. The summed E-state index contributed by atoms with van der Waals surface area (Å²) in [6.45, 7) is 1.52. The Kier molecular flexibility index (Phi) is 4.35. The first-order valence-corrected chi connectivity index (χ1v) is 5.17. The lowest BCUT2D eigenvalue weighted by atomic mass is 10.0. The van der Waals surface area contributed by atoms with Crippen LogP contribution < -0.4 is 5.73 Å². The van der Waals surface area contributed by atoms with E-state index in [4.69, 9.17) is 10.8 Å². The van der Waals surface area contributed by atoms with Crippen molar-refractivity contribution in [3.05, 3.63) is 29.1 Å². The molecule has 18 heavy (non-hydrogen) atoms. The van der Waals surface area contributed by atoms with Crippen LogP contribution in [0.1, 0.15) is 34.1 Å². The molecule has 0 fully saturated rings. The summed E-state index contributed by atoms with van der Waals surface area (Å²) in [7, 11) is 0. The number of hydrogen-bond acceptors (Lipinski definition) is 5. The normalized spacial score (nSPS) is 13.9. The predicted molar refractivity (Wildman–Crippen MR) is 60.7 cm³/mol. The maximum absolute atomic E-state index is 10.7. The van der Waals surface area contributed by atoms with Gasteiger partial charge in [-0.1, -0.05) is 0 Å². The Morgan fingerprint density at radius 2 is 2.06 bits per heavy atom. The molecule has 0 saturated heterocycles. The first-order chi connectivity index (χ1) is 8.32. The van der Waals surface area contributed by atoms with Gasteiger partial charge in [-0.2, -0.15) is 0 Å². The molecule has 0 bridgehead atoms. The third kappa shape index (κ3) is 3.25. The lowest BCUT2D eigenvalue weighted by molar-refractivity contribution is -0.121. The smallest absolute Gasteiger partial charge is 0.354 e. The third-order valence-electron chi connectivity index (χ3n) is 2.42. The van der Waals surface area contributed by atoms with E-state index < -0.39 is 24.1 Å². The van der Waals surface area contributed by atoms with Gasteiger partial charge in [0.25, 0.3) is 0 Å². The fraction of sp³-hybridized carbons (Fsp3) is 0.364. The van der Waals surface area contributed by atoms with Crippen molar-refractivity contribution in [3.63, 3.8) is 0 Å². The van der Waals surface area contributed by atoms with Gasteiger partial charge >= 0.3 is 5.97 Å². The van der Waals surface area contributed by atoms with Crippen LogP contribution in [0.3, 0.4) is 0 Å². The SMILES string of the molecule is Cc1cc(C(O)C(O)CC(N)=O)cnc1C(=O)O. The molecule has 2 unspecified atom stereocenters. The van der Waals surface area contributed by atoms with Crippen LogP contribution in [-0.2, 0) is 4.79 Å². The van der Waals surface area contributed by atoms with E-state index in [1.165, 1.54) is 13.0 Å². The maximum Gasteiger partial charge on any atom is 0.354 e. The van der Waals surface area contributed by atoms with E-state index >= 15 is 0 Å². The molecule has 1 amide bonds. The van der Waals surface area contributed by atoms with Crippen molar-refractivity contribution in [2.45, 2.75) is 25.6 Å². The number of carboxylic acid groups (broad SMARTS) is 1. The fourth-order valence-electron chi connectivity index (χ4n) is 1.52. The first kappa shape index (κ1) is 14.1. The Bertz CT molecular complexity index is 475. The van der Waals surface area contributed by atoms with Gasteiger partial charge in [-0.25, -0.2) is 9.78 Å². The minimum absolute atomic E-state index is 0.129. The summed E-state index contributed by atoms with van der Waals surface area (Å²) >= 11 is 0. The lowest BCUT2D eigenvalue weighted by Crippen LogP contribution is -2.26. The van der Waals surface area contributed by atoms with Crippen LogP contribution in [0.2, 0.25) is 0 Å². The van der Waals surface area contributed by atoms with Crippen molar-refractivity contribution < 1.29 is 24.9 Å². The molecule has 0 spiro atoms. The van der Waals surface area contributed by atoms with E-state index in [1.807, 2.05) is 0 Å². The number of carbonyl (C=O) groups is 2. The molecule has 1 heterocycles. The number of aliphatic hydroxyl groups is 2. The fourth-order valence-corrected chi connectivity index (χ4v) is 1.52. The van der Waals surface area contributed by atoms with Crippen LogP contribution in [0.4, 0.5) is 0 Å². The number of nitrogens with two attached hydrogens (primary N) is 1. The monoisotopic (exact) mass is 254 g/mol. The van der Waals surface area contributed by atoms with Gasteiger partial charge in [0.05, 0.1) is 12.5 Å². The van der Waals surface area contributed by atoms with Crippen LogP contribution in [0.25, 0.3) is 0 Å². The molecule has 98 valence electrons. The van der Waals surface area contributed by atoms with Crippen molar-refractivity contribution in [2.24, 2.45) is 5.73 Å². The van der Waals surface area contributed by atoms with E-state index in [0.717, 1.165) is 6.20 Å². The van der Waals surface area contributed by atoms with Crippen LogP contribution in [0, 0.1) is 6.92 Å². The molecular formula is C11H14N2O5. The summed E-state index contributed by atoms with van der Waals surface area (Å²) in [6, 6.07) is 1.39. The molecule has 5 N–H and O–H groups in total. The Morgan fingerprint density at radius 3 is 2.50 bits per heavy atom. The molecule has 0 aliphatic rings. The zero-order valence-corrected chi connectivity index (χ0v) is 9.70. The quantitative estimate of drug-likeness (QED) is 0.552. The average Bonchev–Trinajstić information content (AvgIpc) is 2.26. The molecule has 1 aromatic rings. The molecule has 1 aromatic heterocycles. The zero-order valence-electron chi connectivity index (χ0n) is 9.70. The summed E-state index contributed by atoms with van der Waals surface area (Å²) in [6.07, 6.45) is -1.93. The molecule has 0 aliphatic carbocycles. The number of rotatable bonds is 5. The van der Waals surface area contributed by atoms with Gasteiger partial charge in [0, 0.05) is 11.8 Å².